The van der Waals surface area contributed by atoms with Crippen LogP contribution in [0.4, 0.5) is 4.79 Å². The maximum absolute atomic E-state index is 12.2. The van der Waals surface area contributed by atoms with Gasteiger partial charge in [-0.15, -0.1) is 0 Å². The number of carbonyl (C=O) groups is 2. The molecule has 1 aromatic carbocycles. The number of rotatable bonds is 2. The third-order valence-corrected chi connectivity index (χ3v) is 3.76. The van der Waals surface area contributed by atoms with Crippen LogP contribution in [-0.2, 0) is 9.53 Å². The van der Waals surface area contributed by atoms with E-state index in [1.54, 1.807) is 20.8 Å². The van der Waals surface area contributed by atoms with Crippen LogP contribution < -0.4 is 0 Å². The number of aliphatic carboxylic acids is 1. The SMILES string of the molecule is Cc1cccc([C@H]2CN(C(=O)OC(C)(C)C)C[C@H]2C(=O)O)c1. The standard InChI is InChI=1S/C17H23NO4/c1-11-6-5-7-12(8-11)13-9-18(10-14(13)15(19)20)16(21)22-17(2,3)4/h5-8,13-14H,9-10H2,1-4H3,(H,19,20)/t13-,14-/m1/s1. The second kappa shape index (κ2) is 5.99. The highest BCUT2D eigenvalue weighted by Crippen LogP contribution is 2.34. The minimum atomic E-state index is -0.877. The van der Waals surface area contributed by atoms with Crippen molar-refractivity contribution in [2.24, 2.45) is 5.92 Å². The summed E-state index contributed by atoms with van der Waals surface area (Å²) in [6.07, 6.45) is -0.450. The van der Waals surface area contributed by atoms with Gasteiger partial charge in [-0.25, -0.2) is 4.79 Å². The first-order valence-corrected chi connectivity index (χ1v) is 7.44. The van der Waals surface area contributed by atoms with Crippen LogP contribution in [0.1, 0.15) is 37.8 Å². The fourth-order valence-electron chi connectivity index (χ4n) is 2.77. The molecular weight excluding hydrogens is 282 g/mol. The number of ether oxygens (including phenoxy) is 1. The fourth-order valence-corrected chi connectivity index (χ4v) is 2.77. The van der Waals surface area contributed by atoms with E-state index in [0.717, 1.165) is 11.1 Å². The van der Waals surface area contributed by atoms with Gasteiger partial charge in [0.15, 0.2) is 0 Å². The molecular formula is C17H23NO4. The van der Waals surface area contributed by atoms with Gasteiger partial charge in [0, 0.05) is 19.0 Å². The Labute approximate surface area is 130 Å². The first-order valence-electron chi connectivity index (χ1n) is 7.44. The van der Waals surface area contributed by atoms with Crippen LogP contribution in [0.25, 0.3) is 0 Å². The molecule has 0 bridgehead atoms. The zero-order chi connectivity index (χ0) is 16.5. The number of carboxylic acids is 1. The molecule has 0 saturated carbocycles. The molecule has 1 N–H and O–H groups in total. The molecule has 2 atom stereocenters. The maximum Gasteiger partial charge on any atom is 0.410 e. The van der Waals surface area contributed by atoms with E-state index >= 15 is 0 Å². The van der Waals surface area contributed by atoms with Crippen molar-refractivity contribution >= 4 is 12.1 Å². The summed E-state index contributed by atoms with van der Waals surface area (Å²) in [6.45, 7) is 7.92. The molecule has 1 amide bonds. The number of carbonyl (C=O) groups excluding carboxylic acids is 1. The van der Waals surface area contributed by atoms with Crippen molar-refractivity contribution in [1.82, 2.24) is 4.90 Å². The van der Waals surface area contributed by atoms with E-state index in [1.165, 1.54) is 4.90 Å². The Balaban J connectivity index is 2.20. The predicted octanol–water partition coefficient (Wildman–Crippen LogP) is 3.03. The average molecular weight is 305 g/mol. The van der Waals surface area contributed by atoms with Crippen LogP contribution in [0.5, 0.6) is 0 Å². The molecule has 5 nitrogen and oxygen atoms in total. The molecule has 0 aromatic heterocycles. The lowest BCUT2D eigenvalue weighted by Crippen LogP contribution is -2.35. The molecule has 120 valence electrons. The zero-order valence-corrected chi connectivity index (χ0v) is 13.5. The molecule has 1 aromatic rings. The summed E-state index contributed by atoms with van der Waals surface area (Å²) in [5.74, 6) is -1.68. The Hall–Kier alpha value is -2.04. The van der Waals surface area contributed by atoms with Crippen molar-refractivity contribution in [3.05, 3.63) is 35.4 Å². The second-order valence-corrected chi connectivity index (χ2v) is 6.85. The average Bonchev–Trinajstić information content (AvgIpc) is 2.82. The van der Waals surface area contributed by atoms with Crippen molar-refractivity contribution in [3.8, 4) is 0 Å². The number of aryl methyl sites for hydroxylation is 1. The van der Waals surface area contributed by atoms with Crippen molar-refractivity contribution < 1.29 is 19.4 Å². The van der Waals surface area contributed by atoms with Gasteiger partial charge in [0.25, 0.3) is 0 Å². The lowest BCUT2D eigenvalue weighted by atomic mass is 9.88. The Morgan fingerprint density at radius 2 is 1.95 bits per heavy atom. The number of hydrogen-bond acceptors (Lipinski definition) is 3. The van der Waals surface area contributed by atoms with Crippen LogP contribution in [0.2, 0.25) is 0 Å². The van der Waals surface area contributed by atoms with Gasteiger partial charge < -0.3 is 14.7 Å². The van der Waals surface area contributed by atoms with Crippen LogP contribution in [-0.4, -0.2) is 40.8 Å². The van der Waals surface area contributed by atoms with E-state index in [4.69, 9.17) is 4.74 Å². The van der Waals surface area contributed by atoms with E-state index in [-0.39, 0.29) is 12.5 Å². The normalized spacial score (nSPS) is 21.7. The summed E-state index contributed by atoms with van der Waals surface area (Å²) in [7, 11) is 0. The van der Waals surface area contributed by atoms with Gasteiger partial charge in [0.05, 0.1) is 5.92 Å². The van der Waals surface area contributed by atoms with Crippen molar-refractivity contribution in [1.29, 1.82) is 0 Å². The van der Waals surface area contributed by atoms with E-state index in [2.05, 4.69) is 0 Å². The number of nitrogens with zero attached hydrogens (tertiary/aromatic N) is 1. The van der Waals surface area contributed by atoms with E-state index < -0.39 is 23.6 Å². The van der Waals surface area contributed by atoms with Gasteiger partial charge in [0.1, 0.15) is 5.60 Å². The summed E-state index contributed by atoms with van der Waals surface area (Å²) < 4.78 is 5.35. The van der Waals surface area contributed by atoms with Gasteiger partial charge in [-0.2, -0.15) is 0 Å². The van der Waals surface area contributed by atoms with Crippen molar-refractivity contribution in [3.63, 3.8) is 0 Å². The Morgan fingerprint density at radius 1 is 1.27 bits per heavy atom. The number of hydrogen-bond donors (Lipinski definition) is 1. The topological polar surface area (TPSA) is 66.8 Å². The minimum Gasteiger partial charge on any atom is -0.481 e. The molecule has 0 unspecified atom stereocenters. The predicted molar refractivity (Wildman–Crippen MR) is 82.9 cm³/mol. The first kappa shape index (κ1) is 16.3. The highest BCUT2D eigenvalue weighted by molar-refractivity contribution is 5.76. The van der Waals surface area contributed by atoms with Crippen LogP contribution in [0, 0.1) is 12.8 Å². The monoisotopic (exact) mass is 305 g/mol. The molecule has 1 heterocycles. The van der Waals surface area contributed by atoms with Gasteiger partial charge >= 0.3 is 12.1 Å². The van der Waals surface area contributed by atoms with Crippen molar-refractivity contribution in [2.75, 3.05) is 13.1 Å². The van der Waals surface area contributed by atoms with E-state index in [9.17, 15) is 14.7 Å². The summed E-state index contributed by atoms with van der Waals surface area (Å²) in [4.78, 5) is 25.2. The van der Waals surface area contributed by atoms with Crippen LogP contribution in [0.15, 0.2) is 24.3 Å². The Bertz CT molecular complexity index is 576. The number of benzene rings is 1. The summed E-state index contributed by atoms with van der Waals surface area (Å²) in [5, 5.41) is 9.47. The number of likely N-dealkylation sites (tertiary alicyclic amines) is 1. The third-order valence-electron chi connectivity index (χ3n) is 3.76. The molecule has 22 heavy (non-hydrogen) atoms. The van der Waals surface area contributed by atoms with Crippen molar-refractivity contribution in [2.45, 2.75) is 39.2 Å². The molecule has 1 aliphatic rings. The third kappa shape index (κ3) is 3.78. The molecule has 0 aliphatic carbocycles. The number of amides is 1. The molecule has 2 rings (SSSR count). The summed E-state index contributed by atoms with van der Waals surface area (Å²) >= 11 is 0. The lowest BCUT2D eigenvalue weighted by molar-refractivity contribution is -0.141. The highest BCUT2D eigenvalue weighted by Gasteiger charge is 2.41. The molecule has 1 fully saturated rings. The zero-order valence-electron chi connectivity index (χ0n) is 13.5. The molecule has 1 aliphatic heterocycles. The molecule has 5 heteroatoms. The molecule has 1 saturated heterocycles. The van der Waals surface area contributed by atoms with Gasteiger partial charge in [0.2, 0.25) is 0 Å². The van der Waals surface area contributed by atoms with E-state index in [0.29, 0.717) is 6.54 Å². The minimum absolute atomic E-state index is 0.183. The summed E-state index contributed by atoms with van der Waals surface area (Å²) in [5.41, 5.74) is 1.45. The van der Waals surface area contributed by atoms with Gasteiger partial charge in [-0.1, -0.05) is 29.8 Å². The highest BCUT2D eigenvalue weighted by atomic mass is 16.6. The first-order chi connectivity index (χ1) is 10.2. The van der Waals surface area contributed by atoms with Gasteiger partial charge in [-0.05, 0) is 33.3 Å². The smallest absolute Gasteiger partial charge is 0.410 e. The summed E-state index contributed by atoms with van der Waals surface area (Å²) in [6, 6.07) is 7.80. The lowest BCUT2D eigenvalue weighted by Gasteiger charge is -2.24. The van der Waals surface area contributed by atoms with Gasteiger partial charge in [-0.3, -0.25) is 4.79 Å². The maximum atomic E-state index is 12.2. The largest absolute Gasteiger partial charge is 0.481 e. The van der Waals surface area contributed by atoms with Crippen LogP contribution in [0.3, 0.4) is 0 Å². The number of carboxylic acid groups (broad SMARTS) is 1. The fraction of sp³-hybridized carbons (Fsp3) is 0.529. The second-order valence-electron chi connectivity index (χ2n) is 6.85. The quantitative estimate of drug-likeness (QED) is 0.912. The molecule has 0 spiro atoms. The van der Waals surface area contributed by atoms with Crippen LogP contribution >= 0.6 is 0 Å². The van der Waals surface area contributed by atoms with E-state index in [1.807, 2.05) is 31.2 Å². The molecule has 0 radical (unpaired) electrons. The Morgan fingerprint density at radius 3 is 2.50 bits per heavy atom. The Kier molecular flexibility index (Phi) is 4.44.